The minimum absolute atomic E-state index is 0.0811. The van der Waals surface area contributed by atoms with E-state index in [1.165, 1.54) is 11.1 Å². The number of rotatable bonds is 4. The van der Waals surface area contributed by atoms with Crippen molar-refractivity contribution in [3.63, 3.8) is 0 Å². The number of nitriles is 1. The molecule has 2 rings (SSSR count). The van der Waals surface area contributed by atoms with Gasteiger partial charge in [-0.15, -0.1) is 11.3 Å². The lowest BCUT2D eigenvalue weighted by Gasteiger charge is -2.10. The van der Waals surface area contributed by atoms with Crippen LogP contribution in [-0.4, -0.2) is 15.0 Å². The standard InChI is InChI=1S/C12H13N5S/c1-3-10-6-16-12(18-10)8(2)17-11-7-14-9(4-13)5-15-11/h5-8H,3H2,1-2H3,(H,15,17). The normalized spacial score (nSPS) is 11.8. The molecule has 2 aromatic rings. The molecule has 0 aromatic carbocycles. The van der Waals surface area contributed by atoms with Gasteiger partial charge >= 0.3 is 0 Å². The second-order valence-corrected chi connectivity index (χ2v) is 4.93. The smallest absolute Gasteiger partial charge is 0.158 e. The van der Waals surface area contributed by atoms with Gasteiger partial charge in [0.2, 0.25) is 0 Å². The second-order valence-electron chi connectivity index (χ2n) is 3.78. The van der Waals surface area contributed by atoms with Gasteiger partial charge in [-0.05, 0) is 13.3 Å². The summed E-state index contributed by atoms with van der Waals surface area (Å²) in [6.07, 6.45) is 5.92. The van der Waals surface area contributed by atoms with E-state index in [9.17, 15) is 0 Å². The summed E-state index contributed by atoms with van der Waals surface area (Å²) in [5, 5.41) is 12.9. The average molecular weight is 259 g/mol. The number of aryl methyl sites for hydroxylation is 1. The Balaban J connectivity index is 2.06. The Hall–Kier alpha value is -2.00. The third-order valence-corrected chi connectivity index (χ3v) is 3.75. The molecular weight excluding hydrogens is 246 g/mol. The highest BCUT2D eigenvalue weighted by Crippen LogP contribution is 2.22. The molecule has 0 saturated carbocycles. The van der Waals surface area contributed by atoms with Crippen LogP contribution in [0.2, 0.25) is 0 Å². The molecule has 1 unspecified atom stereocenters. The van der Waals surface area contributed by atoms with E-state index in [0.717, 1.165) is 11.4 Å². The maximum Gasteiger partial charge on any atom is 0.158 e. The highest BCUT2D eigenvalue weighted by Gasteiger charge is 2.10. The van der Waals surface area contributed by atoms with Crippen LogP contribution in [0.1, 0.15) is 35.5 Å². The lowest BCUT2D eigenvalue weighted by atomic mass is 10.3. The number of thiazole rings is 1. The Labute approximate surface area is 110 Å². The van der Waals surface area contributed by atoms with Gasteiger partial charge in [-0.1, -0.05) is 6.92 Å². The van der Waals surface area contributed by atoms with Crippen LogP contribution in [0.25, 0.3) is 0 Å². The van der Waals surface area contributed by atoms with E-state index in [0.29, 0.717) is 11.5 Å². The van der Waals surface area contributed by atoms with E-state index in [2.05, 4.69) is 27.2 Å². The summed E-state index contributed by atoms with van der Waals surface area (Å²) in [5.74, 6) is 0.648. The Bertz CT molecular complexity index is 555. The first-order chi connectivity index (χ1) is 8.72. The van der Waals surface area contributed by atoms with Crippen molar-refractivity contribution in [2.45, 2.75) is 26.3 Å². The molecule has 1 N–H and O–H groups in total. The maximum absolute atomic E-state index is 8.64. The molecule has 92 valence electrons. The van der Waals surface area contributed by atoms with E-state index < -0.39 is 0 Å². The van der Waals surface area contributed by atoms with Crippen LogP contribution in [0.15, 0.2) is 18.6 Å². The van der Waals surface area contributed by atoms with Crippen molar-refractivity contribution in [2.24, 2.45) is 0 Å². The number of hydrogen-bond donors (Lipinski definition) is 1. The molecule has 0 aliphatic carbocycles. The van der Waals surface area contributed by atoms with Crippen LogP contribution >= 0.6 is 11.3 Å². The molecule has 1 atom stereocenters. The molecule has 0 aliphatic rings. The van der Waals surface area contributed by atoms with Gasteiger partial charge in [0.15, 0.2) is 5.69 Å². The third kappa shape index (κ3) is 2.81. The minimum atomic E-state index is 0.0811. The number of aromatic nitrogens is 3. The Morgan fingerprint density at radius 1 is 1.33 bits per heavy atom. The van der Waals surface area contributed by atoms with Crippen LogP contribution in [0, 0.1) is 11.3 Å². The highest BCUT2D eigenvalue weighted by atomic mass is 32.1. The summed E-state index contributed by atoms with van der Waals surface area (Å²) >= 11 is 1.69. The molecule has 0 spiro atoms. The van der Waals surface area contributed by atoms with Crippen molar-refractivity contribution >= 4 is 17.2 Å². The summed E-state index contributed by atoms with van der Waals surface area (Å²) in [5.41, 5.74) is 0.315. The van der Waals surface area contributed by atoms with Crippen molar-refractivity contribution in [1.29, 1.82) is 5.26 Å². The van der Waals surface area contributed by atoms with Crippen molar-refractivity contribution in [2.75, 3.05) is 5.32 Å². The fourth-order valence-corrected chi connectivity index (χ4v) is 2.29. The van der Waals surface area contributed by atoms with E-state index in [1.54, 1.807) is 17.5 Å². The van der Waals surface area contributed by atoms with Crippen LogP contribution in [0.5, 0.6) is 0 Å². The van der Waals surface area contributed by atoms with Crippen LogP contribution in [0.4, 0.5) is 5.82 Å². The number of nitrogens with one attached hydrogen (secondary N) is 1. The molecular formula is C12H13N5S. The van der Waals surface area contributed by atoms with Gasteiger partial charge in [-0.2, -0.15) is 5.26 Å². The number of anilines is 1. The topological polar surface area (TPSA) is 74.5 Å². The van der Waals surface area contributed by atoms with Gasteiger partial charge in [-0.25, -0.2) is 15.0 Å². The summed E-state index contributed by atoms with van der Waals surface area (Å²) in [7, 11) is 0. The zero-order chi connectivity index (χ0) is 13.0. The van der Waals surface area contributed by atoms with Crippen molar-refractivity contribution in [1.82, 2.24) is 15.0 Å². The van der Waals surface area contributed by atoms with Crippen molar-refractivity contribution in [3.05, 3.63) is 34.2 Å². The monoisotopic (exact) mass is 259 g/mol. The largest absolute Gasteiger partial charge is 0.360 e. The molecule has 0 aliphatic heterocycles. The maximum atomic E-state index is 8.64. The quantitative estimate of drug-likeness (QED) is 0.913. The molecule has 18 heavy (non-hydrogen) atoms. The van der Waals surface area contributed by atoms with Gasteiger partial charge < -0.3 is 5.32 Å². The fraction of sp³-hybridized carbons (Fsp3) is 0.333. The van der Waals surface area contributed by atoms with Gasteiger partial charge in [0.05, 0.1) is 18.4 Å². The molecule has 0 radical (unpaired) electrons. The lowest BCUT2D eigenvalue weighted by Crippen LogP contribution is -2.07. The van der Waals surface area contributed by atoms with E-state index >= 15 is 0 Å². The Morgan fingerprint density at radius 2 is 2.17 bits per heavy atom. The minimum Gasteiger partial charge on any atom is -0.360 e. The van der Waals surface area contributed by atoms with Crippen LogP contribution < -0.4 is 5.32 Å². The summed E-state index contributed by atoms with van der Waals surface area (Å²) in [6, 6.07) is 2.02. The molecule has 5 nitrogen and oxygen atoms in total. The number of hydrogen-bond acceptors (Lipinski definition) is 6. The first-order valence-corrected chi connectivity index (χ1v) is 6.48. The van der Waals surface area contributed by atoms with E-state index in [4.69, 9.17) is 5.26 Å². The fourth-order valence-electron chi connectivity index (χ4n) is 1.43. The average Bonchev–Trinajstić information content (AvgIpc) is 2.88. The van der Waals surface area contributed by atoms with Crippen LogP contribution in [-0.2, 0) is 6.42 Å². The Kier molecular flexibility index (Phi) is 3.85. The predicted octanol–water partition coefficient (Wildman–Crippen LogP) is 2.54. The molecule has 2 heterocycles. The van der Waals surface area contributed by atoms with Gasteiger partial charge in [0.1, 0.15) is 16.9 Å². The third-order valence-electron chi connectivity index (χ3n) is 2.42. The second kappa shape index (κ2) is 5.56. The molecule has 2 aromatic heterocycles. The number of nitrogens with zero attached hydrogens (tertiary/aromatic N) is 4. The van der Waals surface area contributed by atoms with Gasteiger partial charge in [-0.3, -0.25) is 0 Å². The zero-order valence-corrected chi connectivity index (χ0v) is 11.0. The molecule has 0 saturated heterocycles. The first kappa shape index (κ1) is 12.5. The predicted molar refractivity (Wildman–Crippen MR) is 70.3 cm³/mol. The lowest BCUT2D eigenvalue weighted by molar-refractivity contribution is 0.857. The van der Waals surface area contributed by atoms with Crippen molar-refractivity contribution < 1.29 is 0 Å². The van der Waals surface area contributed by atoms with Gasteiger partial charge in [0, 0.05) is 11.1 Å². The summed E-state index contributed by atoms with van der Waals surface area (Å²) in [4.78, 5) is 13.7. The van der Waals surface area contributed by atoms with Gasteiger partial charge in [0.25, 0.3) is 0 Å². The Morgan fingerprint density at radius 3 is 2.72 bits per heavy atom. The van der Waals surface area contributed by atoms with Crippen molar-refractivity contribution in [3.8, 4) is 6.07 Å². The SMILES string of the molecule is CCc1cnc(C(C)Nc2cnc(C#N)cn2)s1. The molecule has 0 amide bonds. The highest BCUT2D eigenvalue weighted by molar-refractivity contribution is 7.11. The van der Waals surface area contributed by atoms with Crippen LogP contribution in [0.3, 0.4) is 0 Å². The summed E-state index contributed by atoms with van der Waals surface area (Å²) < 4.78 is 0. The molecule has 0 bridgehead atoms. The van der Waals surface area contributed by atoms with E-state index in [-0.39, 0.29) is 6.04 Å². The molecule has 6 heteroatoms. The zero-order valence-electron chi connectivity index (χ0n) is 10.2. The molecule has 0 fully saturated rings. The van der Waals surface area contributed by atoms with E-state index in [1.807, 2.05) is 19.2 Å². The summed E-state index contributed by atoms with van der Waals surface area (Å²) in [6.45, 7) is 4.14. The first-order valence-electron chi connectivity index (χ1n) is 5.66.